The Hall–Kier alpha value is -1.16. The van der Waals surface area contributed by atoms with Crippen LogP contribution < -0.4 is 10.6 Å². The molecule has 1 saturated carbocycles. The van der Waals surface area contributed by atoms with E-state index < -0.39 is 0 Å². The summed E-state index contributed by atoms with van der Waals surface area (Å²) in [5.41, 5.74) is 3.77. The largest absolute Gasteiger partial charge is 0.351 e. The van der Waals surface area contributed by atoms with Gasteiger partial charge in [-0.15, -0.1) is 0 Å². The van der Waals surface area contributed by atoms with Crippen LogP contribution in [0.3, 0.4) is 0 Å². The van der Waals surface area contributed by atoms with Gasteiger partial charge in [-0.2, -0.15) is 0 Å². The lowest BCUT2D eigenvalue weighted by molar-refractivity contribution is 0.753. The first-order valence-corrected chi connectivity index (χ1v) is 6.22. The van der Waals surface area contributed by atoms with Gasteiger partial charge in [-0.05, 0) is 19.3 Å². The molecular weight excluding hydrogens is 200 g/mol. The van der Waals surface area contributed by atoms with Gasteiger partial charge in [0.25, 0.3) is 0 Å². The predicted molar refractivity (Wildman–Crippen MR) is 63.2 cm³/mol. The second-order valence-corrected chi connectivity index (χ2v) is 4.69. The molecule has 3 rings (SSSR count). The van der Waals surface area contributed by atoms with Crippen molar-refractivity contribution in [2.45, 2.75) is 51.7 Å². The maximum atomic E-state index is 4.65. The third kappa shape index (κ3) is 1.89. The number of nitrogens with one attached hydrogen (secondary N) is 2. The summed E-state index contributed by atoms with van der Waals surface area (Å²) >= 11 is 0. The molecule has 0 saturated heterocycles. The quantitative estimate of drug-likeness (QED) is 0.806. The monoisotopic (exact) mass is 218 g/mol. The average molecular weight is 218 g/mol. The van der Waals surface area contributed by atoms with E-state index in [1.54, 1.807) is 0 Å². The summed E-state index contributed by atoms with van der Waals surface area (Å²) in [6.07, 6.45) is 4.74. The minimum Gasteiger partial charge on any atom is -0.351 e. The summed E-state index contributed by atoms with van der Waals surface area (Å²) in [6, 6.07) is 0.627. The Morgan fingerprint density at radius 2 is 2.19 bits per heavy atom. The van der Waals surface area contributed by atoms with Crippen LogP contribution in [0.5, 0.6) is 0 Å². The van der Waals surface area contributed by atoms with Crippen LogP contribution in [0.15, 0.2) is 0 Å². The Labute approximate surface area is 95.9 Å². The van der Waals surface area contributed by atoms with Gasteiger partial charge in [-0.3, -0.25) is 0 Å². The van der Waals surface area contributed by atoms with Gasteiger partial charge in [-0.1, -0.05) is 13.3 Å². The third-order valence-corrected chi connectivity index (χ3v) is 3.17. The van der Waals surface area contributed by atoms with Crippen molar-refractivity contribution in [3.05, 3.63) is 17.0 Å². The molecule has 0 unspecified atom stereocenters. The molecule has 4 nitrogen and oxygen atoms in total. The Bertz CT molecular complexity index is 398. The maximum Gasteiger partial charge on any atom is 0.223 e. The van der Waals surface area contributed by atoms with Gasteiger partial charge in [-0.25, -0.2) is 9.97 Å². The SMILES string of the molecule is CCCc1nc(NC2CC2)nc2c1CNC2. The van der Waals surface area contributed by atoms with Crippen molar-refractivity contribution < 1.29 is 0 Å². The fraction of sp³-hybridized carbons (Fsp3) is 0.667. The lowest BCUT2D eigenvalue weighted by atomic mass is 10.1. The van der Waals surface area contributed by atoms with Crippen molar-refractivity contribution in [3.8, 4) is 0 Å². The molecule has 1 aliphatic heterocycles. The van der Waals surface area contributed by atoms with Gasteiger partial charge in [0.15, 0.2) is 0 Å². The highest BCUT2D eigenvalue weighted by Crippen LogP contribution is 2.25. The molecule has 1 aromatic heterocycles. The molecule has 1 aromatic rings. The third-order valence-electron chi connectivity index (χ3n) is 3.17. The van der Waals surface area contributed by atoms with Gasteiger partial charge in [0, 0.05) is 24.7 Å². The number of aryl methyl sites for hydroxylation is 1. The number of aromatic nitrogens is 2. The predicted octanol–water partition coefficient (Wildman–Crippen LogP) is 1.61. The summed E-state index contributed by atoms with van der Waals surface area (Å²) in [6.45, 7) is 4.03. The van der Waals surface area contributed by atoms with E-state index in [4.69, 9.17) is 0 Å². The summed E-state index contributed by atoms with van der Waals surface area (Å²) in [5, 5.41) is 6.75. The Balaban J connectivity index is 1.91. The normalized spacial score (nSPS) is 18.6. The molecule has 1 aliphatic carbocycles. The van der Waals surface area contributed by atoms with E-state index >= 15 is 0 Å². The van der Waals surface area contributed by atoms with Gasteiger partial charge in [0.05, 0.1) is 11.4 Å². The lowest BCUT2D eigenvalue weighted by Gasteiger charge is -2.09. The van der Waals surface area contributed by atoms with Gasteiger partial charge in [0.2, 0.25) is 5.95 Å². The number of rotatable bonds is 4. The Morgan fingerprint density at radius 3 is 2.94 bits per heavy atom. The maximum absolute atomic E-state index is 4.65. The Morgan fingerprint density at radius 1 is 1.31 bits per heavy atom. The molecule has 4 heteroatoms. The average Bonchev–Trinajstić information content (AvgIpc) is 2.95. The first-order valence-electron chi connectivity index (χ1n) is 6.22. The van der Waals surface area contributed by atoms with E-state index in [2.05, 4.69) is 27.5 Å². The van der Waals surface area contributed by atoms with Crippen LogP contribution >= 0.6 is 0 Å². The molecule has 0 spiro atoms. The fourth-order valence-electron chi connectivity index (χ4n) is 2.16. The molecule has 2 heterocycles. The number of nitrogens with zero attached hydrogens (tertiary/aromatic N) is 2. The van der Waals surface area contributed by atoms with Gasteiger partial charge >= 0.3 is 0 Å². The molecule has 86 valence electrons. The van der Waals surface area contributed by atoms with E-state index in [0.717, 1.165) is 31.9 Å². The van der Waals surface area contributed by atoms with Crippen molar-refractivity contribution in [1.29, 1.82) is 0 Å². The molecule has 16 heavy (non-hydrogen) atoms. The van der Waals surface area contributed by atoms with Crippen LogP contribution in [0.25, 0.3) is 0 Å². The second-order valence-electron chi connectivity index (χ2n) is 4.69. The summed E-state index contributed by atoms with van der Waals surface area (Å²) in [5.74, 6) is 0.841. The summed E-state index contributed by atoms with van der Waals surface area (Å²) in [4.78, 5) is 9.24. The van der Waals surface area contributed by atoms with Crippen molar-refractivity contribution in [2.75, 3.05) is 5.32 Å². The first kappa shape index (κ1) is 10.0. The zero-order chi connectivity index (χ0) is 11.0. The zero-order valence-electron chi connectivity index (χ0n) is 9.71. The van der Waals surface area contributed by atoms with Crippen LogP contribution in [0.1, 0.15) is 43.1 Å². The molecule has 2 aliphatic rings. The van der Waals surface area contributed by atoms with E-state index in [1.165, 1.54) is 29.8 Å². The van der Waals surface area contributed by atoms with Crippen LogP contribution in [0.4, 0.5) is 5.95 Å². The molecule has 0 radical (unpaired) electrons. The first-order chi connectivity index (χ1) is 7.86. The van der Waals surface area contributed by atoms with E-state index in [1.807, 2.05) is 0 Å². The zero-order valence-corrected chi connectivity index (χ0v) is 9.71. The van der Waals surface area contributed by atoms with Crippen molar-refractivity contribution in [1.82, 2.24) is 15.3 Å². The topological polar surface area (TPSA) is 49.8 Å². The number of hydrogen-bond acceptors (Lipinski definition) is 4. The molecule has 0 atom stereocenters. The van der Waals surface area contributed by atoms with Crippen molar-refractivity contribution in [2.24, 2.45) is 0 Å². The van der Waals surface area contributed by atoms with Crippen LogP contribution in [-0.2, 0) is 19.5 Å². The van der Waals surface area contributed by atoms with Crippen LogP contribution in [0.2, 0.25) is 0 Å². The number of fused-ring (bicyclic) bond motifs is 1. The molecule has 0 amide bonds. The number of hydrogen-bond donors (Lipinski definition) is 2. The molecule has 0 aromatic carbocycles. The Kier molecular flexibility index (Phi) is 2.52. The summed E-state index contributed by atoms with van der Waals surface area (Å²) in [7, 11) is 0. The summed E-state index contributed by atoms with van der Waals surface area (Å²) < 4.78 is 0. The van der Waals surface area contributed by atoms with E-state index in [9.17, 15) is 0 Å². The molecule has 1 fully saturated rings. The van der Waals surface area contributed by atoms with E-state index in [0.29, 0.717) is 6.04 Å². The second kappa shape index (κ2) is 4.01. The highest BCUT2D eigenvalue weighted by Gasteiger charge is 2.24. The molecule has 0 bridgehead atoms. The van der Waals surface area contributed by atoms with Crippen molar-refractivity contribution >= 4 is 5.95 Å². The van der Waals surface area contributed by atoms with Crippen LogP contribution in [0, 0.1) is 0 Å². The van der Waals surface area contributed by atoms with Gasteiger partial charge in [0.1, 0.15) is 0 Å². The van der Waals surface area contributed by atoms with Crippen molar-refractivity contribution in [3.63, 3.8) is 0 Å². The van der Waals surface area contributed by atoms with Gasteiger partial charge < -0.3 is 10.6 Å². The smallest absolute Gasteiger partial charge is 0.223 e. The van der Waals surface area contributed by atoms with Crippen LogP contribution in [-0.4, -0.2) is 16.0 Å². The van der Waals surface area contributed by atoms with E-state index in [-0.39, 0.29) is 0 Å². The lowest BCUT2D eigenvalue weighted by Crippen LogP contribution is -2.10. The highest BCUT2D eigenvalue weighted by atomic mass is 15.1. The molecule has 2 N–H and O–H groups in total. The fourth-order valence-corrected chi connectivity index (χ4v) is 2.16. The molecular formula is C12H18N4. The number of anilines is 1. The highest BCUT2D eigenvalue weighted by molar-refractivity contribution is 5.38. The standard InChI is InChI=1S/C12H18N4/c1-2-3-10-9-6-13-7-11(9)16-12(15-10)14-8-4-5-8/h8,13H,2-7H2,1H3,(H,14,15,16). The minimum absolute atomic E-state index is 0.627. The minimum atomic E-state index is 0.627.